The number of carbonyl (C=O) groups is 2. The molecule has 1 amide bonds. The standard InChI is InChI=1S/C18H20Cl2N6O.C2HF3O2/c1-24(2)5-6-26-10-16(22-23-26)18(27)25-4-3-15-13(9-25)12-7-11(19)8-14(20)17(12)21-15;3-2(4,5)1(6)7/h7-8,10,21H,3-6,9H2,1-2H3;(H,6,7). The molecule has 9 nitrogen and oxygen atoms in total. The number of carbonyl (C=O) groups excluding carboxylic acids is 1. The van der Waals surface area contributed by atoms with E-state index in [4.69, 9.17) is 33.1 Å². The lowest BCUT2D eigenvalue weighted by Gasteiger charge is -2.26. The first-order valence-corrected chi connectivity index (χ1v) is 10.7. The largest absolute Gasteiger partial charge is 0.490 e. The molecule has 34 heavy (non-hydrogen) atoms. The van der Waals surface area contributed by atoms with E-state index in [9.17, 15) is 18.0 Å². The molecule has 0 unspecified atom stereocenters. The molecule has 0 fully saturated rings. The molecule has 1 aliphatic heterocycles. The monoisotopic (exact) mass is 520 g/mol. The fourth-order valence-electron chi connectivity index (χ4n) is 3.38. The van der Waals surface area contributed by atoms with Crippen molar-refractivity contribution in [2.45, 2.75) is 25.7 Å². The van der Waals surface area contributed by atoms with Gasteiger partial charge in [-0.15, -0.1) is 5.10 Å². The zero-order chi connectivity index (χ0) is 25.2. The molecule has 3 aromatic rings. The second-order valence-corrected chi connectivity index (χ2v) is 8.69. The second-order valence-electron chi connectivity index (χ2n) is 7.84. The highest BCUT2D eigenvalue weighted by molar-refractivity contribution is 6.38. The van der Waals surface area contributed by atoms with Gasteiger partial charge < -0.3 is 19.9 Å². The van der Waals surface area contributed by atoms with Crippen molar-refractivity contribution in [3.05, 3.63) is 45.3 Å². The molecule has 4 rings (SSSR count). The number of likely N-dealkylation sites (N-methyl/N-ethyl adjacent to an activating group) is 1. The highest BCUT2D eigenvalue weighted by Gasteiger charge is 2.38. The van der Waals surface area contributed by atoms with E-state index in [2.05, 4.69) is 20.2 Å². The summed E-state index contributed by atoms with van der Waals surface area (Å²) in [6, 6.07) is 3.62. The predicted octanol–water partition coefficient (Wildman–Crippen LogP) is 3.46. The van der Waals surface area contributed by atoms with Crippen LogP contribution in [0.3, 0.4) is 0 Å². The van der Waals surface area contributed by atoms with Crippen molar-refractivity contribution >= 4 is 46.0 Å². The van der Waals surface area contributed by atoms with Gasteiger partial charge in [-0.05, 0) is 26.2 Å². The van der Waals surface area contributed by atoms with Crippen molar-refractivity contribution in [3.63, 3.8) is 0 Å². The Kier molecular flexibility index (Phi) is 7.74. The predicted molar refractivity (Wildman–Crippen MR) is 119 cm³/mol. The maximum atomic E-state index is 12.9. The average molecular weight is 521 g/mol. The van der Waals surface area contributed by atoms with E-state index < -0.39 is 12.1 Å². The van der Waals surface area contributed by atoms with E-state index in [0.29, 0.717) is 35.4 Å². The van der Waals surface area contributed by atoms with Crippen LogP contribution in [0.15, 0.2) is 18.3 Å². The Hall–Kier alpha value is -2.83. The van der Waals surface area contributed by atoms with Gasteiger partial charge in [0.2, 0.25) is 0 Å². The fourth-order valence-corrected chi connectivity index (χ4v) is 3.92. The third-order valence-electron chi connectivity index (χ3n) is 5.06. The molecule has 1 aliphatic rings. The normalized spacial score (nSPS) is 13.6. The summed E-state index contributed by atoms with van der Waals surface area (Å²) < 4.78 is 33.4. The van der Waals surface area contributed by atoms with E-state index >= 15 is 0 Å². The van der Waals surface area contributed by atoms with Crippen LogP contribution in [-0.2, 0) is 24.3 Å². The Morgan fingerprint density at radius 1 is 1.26 bits per heavy atom. The number of alkyl halides is 3. The van der Waals surface area contributed by atoms with Crippen molar-refractivity contribution in [1.82, 2.24) is 29.8 Å². The SMILES string of the molecule is CN(C)CCn1cc(C(=O)N2CCc3[nH]c4c(Cl)cc(Cl)cc4c3C2)nn1.O=C(O)C(F)(F)F. The second kappa shape index (κ2) is 10.2. The van der Waals surface area contributed by atoms with Crippen LogP contribution in [0.25, 0.3) is 10.9 Å². The van der Waals surface area contributed by atoms with E-state index in [1.165, 1.54) is 0 Å². The number of nitrogens with zero attached hydrogens (tertiary/aromatic N) is 5. The highest BCUT2D eigenvalue weighted by Crippen LogP contribution is 2.34. The van der Waals surface area contributed by atoms with E-state index in [1.54, 1.807) is 21.8 Å². The Bertz CT molecular complexity index is 1210. The molecule has 0 bridgehead atoms. The molecular formula is C20H21Cl2F3N6O3. The first kappa shape index (κ1) is 25.8. The van der Waals surface area contributed by atoms with Crippen molar-refractivity contribution in [1.29, 1.82) is 0 Å². The third-order valence-corrected chi connectivity index (χ3v) is 5.58. The van der Waals surface area contributed by atoms with Gasteiger partial charge in [-0.2, -0.15) is 13.2 Å². The van der Waals surface area contributed by atoms with Crippen molar-refractivity contribution < 1.29 is 27.9 Å². The maximum absolute atomic E-state index is 12.9. The fraction of sp³-hybridized carbons (Fsp3) is 0.400. The van der Waals surface area contributed by atoms with Crippen LogP contribution in [0.5, 0.6) is 0 Å². The molecule has 184 valence electrons. The first-order chi connectivity index (χ1) is 15.9. The Morgan fingerprint density at radius 3 is 2.56 bits per heavy atom. The number of carboxylic acid groups (broad SMARTS) is 1. The number of aromatic nitrogens is 4. The minimum absolute atomic E-state index is 0.112. The zero-order valence-electron chi connectivity index (χ0n) is 18.2. The Morgan fingerprint density at radius 2 is 1.94 bits per heavy atom. The molecule has 0 atom stereocenters. The van der Waals surface area contributed by atoms with Crippen molar-refractivity contribution in [3.8, 4) is 0 Å². The summed E-state index contributed by atoms with van der Waals surface area (Å²) in [7, 11) is 3.99. The lowest BCUT2D eigenvalue weighted by molar-refractivity contribution is -0.192. The Balaban J connectivity index is 0.000000406. The number of benzene rings is 1. The van der Waals surface area contributed by atoms with Crippen LogP contribution in [0, 0.1) is 0 Å². The van der Waals surface area contributed by atoms with Gasteiger partial charge in [0.05, 0.1) is 23.3 Å². The summed E-state index contributed by atoms with van der Waals surface area (Å²) in [5, 5.41) is 17.4. The van der Waals surface area contributed by atoms with Gasteiger partial charge in [-0.1, -0.05) is 28.4 Å². The van der Waals surface area contributed by atoms with Crippen molar-refractivity contribution in [2.24, 2.45) is 0 Å². The topological polar surface area (TPSA) is 107 Å². The molecule has 14 heteroatoms. The van der Waals surface area contributed by atoms with Crippen LogP contribution in [0.4, 0.5) is 13.2 Å². The number of rotatable bonds is 4. The van der Waals surface area contributed by atoms with Gasteiger partial charge in [-0.25, -0.2) is 4.79 Å². The van der Waals surface area contributed by atoms with Gasteiger partial charge in [0.25, 0.3) is 5.91 Å². The molecule has 0 saturated carbocycles. The summed E-state index contributed by atoms with van der Waals surface area (Å²) in [6.07, 6.45) is -2.64. The van der Waals surface area contributed by atoms with E-state index in [0.717, 1.165) is 35.1 Å². The van der Waals surface area contributed by atoms with Crippen LogP contribution in [0.1, 0.15) is 21.7 Å². The number of halogens is 5. The third kappa shape index (κ3) is 5.99. The number of hydrogen-bond donors (Lipinski definition) is 2. The molecule has 0 radical (unpaired) electrons. The number of amides is 1. The zero-order valence-corrected chi connectivity index (χ0v) is 19.7. The minimum atomic E-state index is -5.08. The molecular weight excluding hydrogens is 500 g/mol. The van der Waals surface area contributed by atoms with Crippen molar-refractivity contribution in [2.75, 3.05) is 27.2 Å². The van der Waals surface area contributed by atoms with Gasteiger partial charge in [-0.3, -0.25) is 9.48 Å². The molecule has 3 heterocycles. The molecule has 0 spiro atoms. The number of aromatic amines is 1. The lowest BCUT2D eigenvalue weighted by atomic mass is 10.0. The number of fused-ring (bicyclic) bond motifs is 3. The van der Waals surface area contributed by atoms with Gasteiger partial charge in [0.15, 0.2) is 5.69 Å². The van der Waals surface area contributed by atoms with Crippen LogP contribution < -0.4 is 0 Å². The summed E-state index contributed by atoms with van der Waals surface area (Å²) in [6.45, 7) is 2.64. The van der Waals surface area contributed by atoms with Gasteiger partial charge >= 0.3 is 12.1 Å². The quantitative estimate of drug-likeness (QED) is 0.545. The molecule has 0 saturated heterocycles. The number of nitrogens with one attached hydrogen (secondary N) is 1. The molecule has 1 aromatic carbocycles. The van der Waals surface area contributed by atoms with E-state index in [-0.39, 0.29) is 5.91 Å². The van der Waals surface area contributed by atoms with E-state index in [1.807, 2.05) is 20.2 Å². The van der Waals surface area contributed by atoms with Gasteiger partial charge in [0, 0.05) is 47.7 Å². The summed E-state index contributed by atoms with van der Waals surface area (Å²) in [5.74, 6) is -2.87. The molecule has 2 N–H and O–H groups in total. The smallest absolute Gasteiger partial charge is 0.475 e. The maximum Gasteiger partial charge on any atom is 0.490 e. The Labute approximate surface area is 202 Å². The van der Waals surface area contributed by atoms with Crippen LogP contribution in [0.2, 0.25) is 10.0 Å². The average Bonchev–Trinajstić information content (AvgIpc) is 3.36. The number of aliphatic carboxylic acids is 1. The highest BCUT2D eigenvalue weighted by atomic mass is 35.5. The summed E-state index contributed by atoms with van der Waals surface area (Å²) in [5.41, 5.74) is 3.41. The number of carboxylic acids is 1. The molecule has 2 aromatic heterocycles. The molecule has 0 aliphatic carbocycles. The van der Waals surface area contributed by atoms with Gasteiger partial charge in [0.1, 0.15) is 0 Å². The lowest BCUT2D eigenvalue weighted by Crippen LogP contribution is -2.36. The summed E-state index contributed by atoms with van der Waals surface area (Å²) in [4.78, 5) is 29.0. The number of H-pyrrole nitrogens is 1. The minimum Gasteiger partial charge on any atom is -0.475 e. The van der Waals surface area contributed by atoms with Crippen LogP contribution in [-0.4, -0.2) is 80.1 Å². The number of hydrogen-bond acceptors (Lipinski definition) is 5. The summed E-state index contributed by atoms with van der Waals surface area (Å²) >= 11 is 12.5. The van der Waals surface area contributed by atoms with Crippen LogP contribution >= 0.6 is 23.2 Å². The first-order valence-electron chi connectivity index (χ1n) is 9.99.